The molecule has 0 aliphatic carbocycles. The van der Waals surface area contributed by atoms with E-state index >= 15 is 0 Å². The lowest BCUT2D eigenvalue weighted by Crippen LogP contribution is -1.97. The molecule has 0 aliphatic rings. The smallest absolute Gasteiger partial charge is 0.166 e. The van der Waals surface area contributed by atoms with E-state index in [1.165, 1.54) is 0 Å². The first-order valence-corrected chi connectivity index (χ1v) is 8.75. The van der Waals surface area contributed by atoms with Gasteiger partial charge in [-0.25, -0.2) is 0 Å². The molecule has 2 rings (SSSR count). The number of para-hydroxylation sites is 1. The van der Waals surface area contributed by atoms with Crippen molar-refractivity contribution in [3.63, 3.8) is 0 Å². The second-order valence-corrected chi connectivity index (χ2v) is 6.07. The SMILES string of the molecule is CCOc1cccc(C=NCCc2cc(OC)c(OC)cc2Br)c1O. The van der Waals surface area contributed by atoms with Gasteiger partial charge in [0.05, 0.1) is 20.8 Å². The fourth-order valence-corrected chi connectivity index (χ4v) is 2.87. The minimum absolute atomic E-state index is 0.111. The second-order valence-electron chi connectivity index (χ2n) is 5.21. The maximum Gasteiger partial charge on any atom is 0.166 e. The molecule has 0 aliphatic heterocycles. The Hall–Kier alpha value is -2.21. The van der Waals surface area contributed by atoms with Gasteiger partial charge in [-0.3, -0.25) is 4.99 Å². The van der Waals surface area contributed by atoms with Crippen LogP contribution >= 0.6 is 15.9 Å². The summed E-state index contributed by atoms with van der Waals surface area (Å²) in [5, 5.41) is 10.2. The van der Waals surface area contributed by atoms with Crippen molar-refractivity contribution in [2.75, 3.05) is 27.4 Å². The molecule has 0 radical (unpaired) electrons. The first kappa shape index (κ1) is 19.1. The fourth-order valence-electron chi connectivity index (χ4n) is 2.35. The third-order valence-corrected chi connectivity index (χ3v) is 4.36. The molecular weight excluding hydrogens is 386 g/mol. The van der Waals surface area contributed by atoms with Crippen molar-refractivity contribution >= 4 is 22.1 Å². The van der Waals surface area contributed by atoms with Crippen LogP contribution in [0.2, 0.25) is 0 Å². The minimum Gasteiger partial charge on any atom is -0.504 e. The van der Waals surface area contributed by atoms with Crippen LogP contribution in [0.25, 0.3) is 0 Å². The molecule has 6 heteroatoms. The molecule has 0 saturated carbocycles. The lowest BCUT2D eigenvalue weighted by molar-refractivity contribution is 0.318. The molecule has 2 aromatic rings. The highest BCUT2D eigenvalue weighted by Gasteiger charge is 2.09. The Kier molecular flexibility index (Phi) is 7.13. The van der Waals surface area contributed by atoms with Gasteiger partial charge >= 0.3 is 0 Å². The van der Waals surface area contributed by atoms with E-state index in [9.17, 15) is 5.11 Å². The zero-order valence-corrected chi connectivity index (χ0v) is 16.2. The molecule has 0 unspecified atom stereocenters. The van der Waals surface area contributed by atoms with Crippen LogP contribution in [0.3, 0.4) is 0 Å². The van der Waals surface area contributed by atoms with Gasteiger partial charge in [-0.15, -0.1) is 0 Å². The summed E-state index contributed by atoms with van der Waals surface area (Å²) in [5.41, 5.74) is 1.71. The molecular formula is C19H22BrNO4. The monoisotopic (exact) mass is 407 g/mol. The van der Waals surface area contributed by atoms with E-state index in [1.54, 1.807) is 32.6 Å². The molecule has 25 heavy (non-hydrogen) atoms. The fraction of sp³-hybridized carbons (Fsp3) is 0.316. The normalized spacial score (nSPS) is 10.9. The molecule has 5 nitrogen and oxygen atoms in total. The average Bonchev–Trinajstić information content (AvgIpc) is 2.62. The molecule has 2 aromatic carbocycles. The van der Waals surface area contributed by atoms with Crippen LogP contribution in [0.15, 0.2) is 39.8 Å². The lowest BCUT2D eigenvalue weighted by atomic mass is 10.1. The van der Waals surface area contributed by atoms with Gasteiger partial charge in [0, 0.05) is 22.8 Å². The summed E-state index contributed by atoms with van der Waals surface area (Å²) in [6.45, 7) is 2.95. The van der Waals surface area contributed by atoms with E-state index < -0.39 is 0 Å². The Morgan fingerprint density at radius 2 is 1.84 bits per heavy atom. The number of phenols is 1. The second kappa shape index (κ2) is 9.32. The van der Waals surface area contributed by atoms with Crippen molar-refractivity contribution in [2.24, 2.45) is 4.99 Å². The van der Waals surface area contributed by atoms with Crippen LogP contribution in [-0.4, -0.2) is 38.7 Å². The zero-order valence-electron chi connectivity index (χ0n) is 14.6. The van der Waals surface area contributed by atoms with Crippen LogP contribution in [0.4, 0.5) is 0 Å². The van der Waals surface area contributed by atoms with Crippen molar-refractivity contribution in [3.05, 3.63) is 45.9 Å². The van der Waals surface area contributed by atoms with Gasteiger partial charge in [0.15, 0.2) is 23.0 Å². The number of rotatable bonds is 8. The quantitative estimate of drug-likeness (QED) is 0.664. The Morgan fingerprint density at radius 3 is 2.52 bits per heavy atom. The number of benzene rings is 2. The van der Waals surface area contributed by atoms with Crippen molar-refractivity contribution in [1.29, 1.82) is 0 Å². The van der Waals surface area contributed by atoms with Gasteiger partial charge in [-0.1, -0.05) is 22.0 Å². The molecule has 0 spiro atoms. The van der Waals surface area contributed by atoms with Gasteiger partial charge in [-0.2, -0.15) is 0 Å². The Labute approximate surface area is 156 Å². The summed E-state index contributed by atoms with van der Waals surface area (Å²) < 4.78 is 16.9. The molecule has 0 amide bonds. The molecule has 0 heterocycles. The van der Waals surface area contributed by atoms with Crippen LogP contribution in [0, 0.1) is 0 Å². The van der Waals surface area contributed by atoms with Gasteiger partial charge < -0.3 is 19.3 Å². The molecule has 0 fully saturated rings. The van der Waals surface area contributed by atoms with Crippen molar-refractivity contribution < 1.29 is 19.3 Å². The number of hydrogen-bond acceptors (Lipinski definition) is 5. The third-order valence-electron chi connectivity index (χ3n) is 3.62. The Morgan fingerprint density at radius 1 is 1.12 bits per heavy atom. The molecule has 1 N–H and O–H groups in total. The summed E-state index contributed by atoms with van der Waals surface area (Å²) in [6, 6.07) is 9.18. The number of aromatic hydroxyl groups is 1. The van der Waals surface area contributed by atoms with E-state index in [-0.39, 0.29) is 5.75 Å². The first-order chi connectivity index (χ1) is 12.1. The van der Waals surface area contributed by atoms with E-state index in [0.29, 0.717) is 36.0 Å². The number of halogens is 1. The molecule has 134 valence electrons. The molecule has 0 atom stereocenters. The van der Waals surface area contributed by atoms with Crippen molar-refractivity contribution in [2.45, 2.75) is 13.3 Å². The molecule has 0 bridgehead atoms. The number of phenolic OH excluding ortho intramolecular Hbond substituents is 1. The summed E-state index contributed by atoms with van der Waals surface area (Å²) in [7, 11) is 3.22. The lowest BCUT2D eigenvalue weighted by Gasteiger charge is -2.11. The maximum atomic E-state index is 10.2. The summed E-state index contributed by atoms with van der Waals surface area (Å²) >= 11 is 3.54. The maximum absolute atomic E-state index is 10.2. The number of aliphatic imine (C=N–C) groups is 1. The summed E-state index contributed by atoms with van der Waals surface area (Å²) in [4.78, 5) is 4.40. The molecule has 0 aromatic heterocycles. The predicted octanol–water partition coefficient (Wildman–Crippen LogP) is 4.23. The standard InChI is InChI=1S/C19H22BrNO4/c1-4-25-16-7-5-6-14(19(16)22)12-21-9-8-13-10-17(23-2)18(24-3)11-15(13)20/h5-7,10-12,22H,4,8-9H2,1-3H3. The van der Waals surface area contributed by atoms with Gasteiger partial charge in [-0.05, 0) is 43.2 Å². The first-order valence-electron chi connectivity index (χ1n) is 7.95. The van der Waals surface area contributed by atoms with Crippen molar-refractivity contribution in [1.82, 2.24) is 0 Å². The Bertz CT molecular complexity index is 746. The third kappa shape index (κ3) is 4.89. The highest BCUT2D eigenvalue weighted by Crippen LogP contribution is 2.33. The van der Waals surface area contributed by atoms with Gasteiger partial charge in [0.1, 0.15) is 0 Å². The van der Waals surface area contributed by atoms with E-state index in [2.05, 4.69) is 20.9 Å². The highest BCUT2D eigenvalue weighted by atomic mass is 79.9. The van der Waals surface area contributed by atoms with Crippen LogP contribution in [-0.2, 0) is 6.42 Å². The van der Waals surface area contributed by atoms with Gasteiger partial charge in [0.2, 0.25) is 0 Å². The van der Waals surface area contributed by atoms with E-state index in [1.807, 2.05) is 25.1 Å². The summed E-state index contributed by atoms with van der Waals surface area (Å²) in [6.07, 6.45) is 2.38. The number of hydrogen-bond donors (Lipinski definition) is 1. The predicted molar refractivity (Wildman–Crippen MR) is 103 cm³/mol. The van der Waals surface area contributed by atoms with E-state index in [0.717, 1.165) is 16.5 Å². The van der Waals surface area contributed by atoms with Crippen molar-refractivity contribution in [3.8, 4) is 23.0 Å². The number of methoxy groups -OCH3 is 2. The Balaban J connectivity index is 2.06. The average molecular weight is 408 g/mol. The minimum atomic E-state index is 0.111. The number of nitrogens with zero attached hydrogens (tertiary/aromatic N) is 1. The zero-order chi connectivity index (χ0) is 18.2. The van der Waals surface area contributed by atoms with Crippen LogP contribution in [0.5, 0.6) is 23.0 Å². The largest absolute Gasteiger partial charge is 0.504 e. The van der Waals surface area contributed by atoms with Crippen LogP contribution < -0.4 is 14.2 Å². The molecule has 0 saturated heterocycles. The van der Waals surface area contributed by atoms with Crippen LogP contribution in [0.1, 0.15) is 18.1 Å². The number of ether oxygens (including phenoxy) is 3. The highest BCUT2D eigenvalue weighted by molar-refractivity contribution is 9.10. The summed E-state index contributed by atoms with van der Waals surface area (Å²) in [5.74, 6) is 1.94. The van der Waals surface area contributed by atoms with E-state index in [4.69, 9.17) is 14.2 Å². The van der Waals surface area contributed by atoms with Gasteiger partial charge in [0.25, 0.3) is 0 Å². The topological polar surface area (TPSA) is 60.3 Å².